The molecule has 1 aliphatic rings. The molecule has 0 aliphatic heterocycles. The third-order valence-corrected chi connectivity index (χ3v) is 11.5. The van der Waals surface area contributed by atoms with E-state index in [0.717, 1.165) is 45.3 Å². The van der Waals surface area contributed by atoms with Gasteiger partial charge >= 0.3 is 0 Å². The quantitative estimate of drug-likeness (QED) is 0.144. The second-order valence-corrected chi connectivity index (χ2v) is 15.1. The zero-order valence-corrected chi connectivity index (χ0v) is 32.5. The molecule has 276 valence electrons. The molecule has 0 aromatic heterocycles. The van der Waals surface area contributed by atoms with Gasteiger partial charge in [0, 0.05) is 39.1 Å². The van der Waals surface area contributed by atoms with E-state index in [-0.39, 0.29) is 0 Å². The van der Waals surface area contributed by atoms with Crippen molar-refractivity contribution in [2.45, 2.75) is 5.41 Å². The maximum Gasteiger partial charge on any atom is 0.0713 e. The highest BCUT2D eigenvalue weighted by molar-refractivity contribution is 6.31. The average molecular weight is 763 g/mol. The van der Waals surface area contributed by atoms with Crippen molar-refractivity contribution in [2.75, 3.05) is 9.80 Å². The van der Waals surface area contributed by atoms with E-state index >= 15 is 0 Å². The van der Waals surface area contributed by atoms with Crippen molar-refractivity contribution < 1.29 is 0 Å². The monoisotopic (exact) mass is 762 g/mol. The van der Waals surface area contributed by atoms with Crippen LogP contribution in [0.25, 0.3) is 22.3 Å². The fourth-order valence-corrected chi connectivity index (χ4v) is 9.13. The molecule has 0 fully saturated rings. The lowest BCUT2D eigenvalue weighted by molar-refractivity contribution is 0.768. The highest BCUT2D eigenvalue weighted by atomic mass is 35.5. The van der Waals surface area contributed by atoms with Crippen LogP contribution < -0.4 is 9.80 Å². The van der Waals surface area contributed by atoms with E-state index in [4.69, 9.17) is 11.6 Å². The van der Waals surface area contributed by atoms with Crippen molar-refractivity contribution >= 4 is 45.7 Å². The van der Waals surface area contributed by atoms with Gasteiger partial charge < -0.3 is 9.80 Å². The third-order valence-electron chi connectivity index (χ3n) is 11.3. The summed E-state index contributed by atoms with van der Waals surface area (Å²) in [6, 6.07) is 84.6. The van der Waals surface area contributed by atoms with Crippen LogP contribution in [-0.2, 0) is 5.41 Å². The first-order valence-electron chi connectivity index (χ1n) is 19.7. The SMILES string of the molecule is Clc1cc(-c2ccccc2)cc(N(c2cccc(N(c3ccccc3)c3ccccc3)c2)c2ccc3c(c2)-c2ccccc2C3(c2ccccc2)c2ccccc2)c1. The number of para-hydroxylation sites is 2. The Morgan fingerprint density at radius 3 is 1.36 bits per heavy atom. The molecular weight excluding hydrogens is 724 g/mol. The molecular formula is C55H39ClN2. The summed E-state index contributed by atoms with van der Waals surface area (Å²) in [5, 5.41) is 0.673. The first-order chi connectivity index (χ1) is 28.7. The van der Waals surface area contributed by atoms with Gasteiger partial charge in [0.25, 0.3) is 0 Å². The van der Waals surface area contributed by atoms with Gasteiger partial charge in [-0.1, -0.05) is 175 Å². The Bertz CT molecular complexity index is 2760. The minimum Gasteiger partial charge on any atom is -0.310 e. The Hall–Kier alpha value is -7.13. The van der Waals surface area contributed by atoms with Gasteiger partial charge in [-0.2, -0.15) is 0 Å². The van der Waals surface area contributed by atoms with E-state index in [0.29, 0.717) is 5.02 Å². The number of anilines is 6. The smallest absolute Gasteiger partial charge is 0.0713 e. The topological polar surface area (TPSA) is 6.48 Å². The minimum absolute atomic E-state index is 0.486. The molecule has 0 bridgehead atoms. The van der Waals surface area contributed by atoms with Gasteiger partial charge in [0.1, 0.15) is 0 Å². The lowest BCUT2D eigenvalue weighted by atomic mass is 9.68. The largest absolute Gasteiger partial charge is 0.310 e. The zero-order valence-electron chi connectivity index (χ0n) is 31.8. The van der Waals surface area contributed by atoms with Crippen LogP contribution in [0.1, 0.15) is 22.3 Å². The summed E-state index contributed by atoms with van der Waals surface area (Å²) >= 11 is 7.06. The summed E-state index contributed by atoms with van der Waals surface area (Å²) in [5.74, 6) is 0. The van der Waals surface area contributed by atoms with Crippen molar-refractivity contribution in [2.24, 2.45) is 0 Å². The molecule has 9 aromatic carbocycles. The molecule has 3 heteroatoms. The van der Waals surface area contributed by atoms with Gasteiger partial charge in [0.05, 0.1) is 5.41 Å². The van der Waals surface area contributed by atoms with E-state index in [1.54, 1.807) is 0 Å². The molecule has 0 saturated heterocycles. The molecule has 2 nitrogen and oxygen atoms in total. The van der Waals surface area contributed by atoms with E-state index in [1.165, 1.54) is 33.4 Å². The van der Waals surface area contributed by atoms with E-state index < -0.39 is 5.41 Å². The summed E-state index contributed by atoms with van der Waals surface area (Å²) in [7, 11) is 0. The average Bonchev–Trinajstić information content (AvgIpc) is 3.59. The summed E-state index contributed by atoms with van der Waals surface area (Å²) in [6.45, 7) is 0. The molecule has 1 aliphatic carbocycles. The summed E-state index contributed by atoms with van der Waals surface area (Å²) in [5.41, 5.74) is 15.4. The zero-order chi connectivity index (χ0) is 38.9. The number of hydrogen-bond donors (Lipinski definition) is 0. The standard InChI is InChI=1S/C55H39ClN2/c56-44-35-41(40-19-6-1-7-20-40)36-50(37-44)58(48-30-18-29-47(38-48)57(45-25-12-4-13-26-45)46-27-14-5-15-28-46)49-33-34-54-52(39-49)51-31-16-17-32-53(51)55(54,42-21-8-2-9-22-42)43-23-10-3-11-24-43/h1-39H. The number of benzene rings is 9. The molecule has 0 amide bonds. The molecule has 9 aromatic rings. The number of halogens is 1. The van der Waals surface area contributed by atoms with Gasteiger partial charge in [0.15, 0.2) is 0 Å². The van der Waals surface area contributed by atoms with Gasteiger partial charge in [-0.3, -0.25) is 0 Å². The highest BCUT2D eigenvalue weighted by Gasteiger charge is 2.46. The molecule has 0 radical (unpaired) electrons. The van der Waals surface area contributed by atoms with Crippen molar-refractivity contribution in [1.29, 1.82) is 0 Å². The minimum atomic E-state index is -0.486. The molecule has 58 heavy (non-hydrogen) atoms. The molecule has 0 heterocycles. The lowest BCUT2D eigenvalue weighted by Crippen LogP contribution is -2.28. The van der Waals surface area contributed by atoms with Crippen molar-refractivity contribution in [3.63, 3.8) is 0 Å². The van der Waals surface area contributed by atoms with E-state index in [9.17, 15) is 0 Å². The Kier molecular flexibility index (Phi) is 9.18. The van der Waals surface area contributed by atoms with Crippen LogP contribution in [0.5, 0.6) is 0 Å². The Morgan fingerprint density at radius 2 is 0.759 bits per heavy atom. The maximum absolute atomic E-state index is 7.06. The molecule has 0 spiro atoms. The van der Waals surface area contributed by atoms with Crippen molar-refractivity contribution in [1.82, 2.24) is 0 Å². The lowest BCUT2D eigenvalue weighted by Gasteiger charge is -2.34. The van der Waals surface area contributed by atoms with E-state index in [2.05, 4.69) is 240 Å². The van der Waals surface area contributed by atoms with E-state index in [1.807, 2.05) is 6.07 Å². The Labute approximate surface area is 345 Å². The van der Waals surface area contributed by atoms with Crippen LogP contribution >= 0.6 is 11.6 Å². The van der Waals surface area contributed by atoms with Crippen LogP contribution in [0.15, 0.2) is 237 Å². The number of fused-ring (bicyclic) bond motifs is 3. The Balaban J connectivity index is 1.21. The van der Waals surface area contributed by atoms with Crippen LogP contribution in [0.2, 0.25) is 5.02 Å². The summed E-state index contributed by atoms with van der Waals surface area (Å²) in [4.78, 5) is 4.66. The van der Waals surface area contributed by atoms with Gasteiger partial charge in [-0.15, -0.1) is 0 Å². The summed E-state index contributed by atoms with van der Waals surface area (Å²) in [6.07, 6.45) is 0. The van der Waals surface area contributed by atoms with Crippen LogP contribution in [0.3, 0.4) is 0 Å². The second-order valence-electron chi connectivity index (χ2n) is 14.7. The first-order valence-corrected chi connectivity index (χ1v) is 20.1. The van der Waals surface area contributed by atoms with Crippen molar-refractivity contribution in [3.05, 3.63) is 264 Å². The predicted octanol–water partition coefficient (Wildman–Crippen LogP) is 15.3. The maximum atomic E-state index is 7.06. The molecule has 10 rings (SSSR count). The van der Waals surface area contributed by atoms with Crippen LogP contribution in [-0.4, -0.2) is 0 Å². The predicted molar refractivity (Wildman–Crippen MR) is 244 cm³/mol. The second kappa shape index (κ2) is 15.1. The fourth-order valence-electron chi connectivity index (χ4n) is 8.90. The number of rotatable bonds is 9. The normalized spacial score (nSPS) is 12.4. The molecule has 0 atom stereocenters. The Morgan fingerprint density at radius 1 is 0.293 bits per heavy atom. The number of hydrogen-bond acceptors (Lipinski definition) is 2. The van der Waals surface area contributed by atoms with Crippen molar-refractivity contribution in [3.8, 4) is 22.3 Å². The van der Waals surface area contributed by atoms with Gasteiger partial charge in [-0.25, -0.2) is 0 Å². The third kappa shape index (κ3) is 6.16. The summed E-state index contributed by atoms with van der Waals surface area (Å²) < 4.78 is 0. The highest BCUT2D eigenvalue weighted by Crippen LogP contribution is 2.57. The van der Waals surface area contributed by atoms with Crippen LogP contribution in [0.4, 0.5) is 34.1 Å². The molecule has 0 unspecified atom stereocenters. The van der Waals surface area contributed by atoms with Gasteiger partial charge in [-0.05, 0) is 117 Å². The fraction of sp³-hybridized carbons (Fsp3) is 0.0182. The van der Waals surface area contributed by atoms with Crippen LogP contribution in [0, 0.1) is 0 Å². The van der Waals surface area contributed by atoms with Gasteiger partial charge in [0.2, 0.25) is 0 Å². The first kappa shape index (κ1) is 35.3. The molecule has 0 N–H and O–H groups in total. The number of nitrogens with zero attached hydrogens (tertiary/aromatic N) is 2. The molecule has 0 saturated carbocycles.